The maximum absolute atomic E-state index is 11.8. The van der Waals surface area contributed by atoms with Crippen LogP contribution in [0.1, 0.15) is 49.0 Å². The number of carbonyl (C=O) groups is 1. The van der Waals surface area contributed by atoms with Crippen molar-refractivity contribution in [2.24, 2.45) is 5.92 Å². The molecule has 0 saturated heterocycles. The topological polar surface area (TPSA) is 68.0 Å². The van der Waals surface area contributed by atoms with Gasteiger partial charge in [0.05, 0.1) is 11.9 Å². The summed E-state index contributed by atoms with van der Waals surface area (Å²) in [6, 6.07) is 3.36. The van der Waals surface area contributed by atoms with E-state index < -0.39 is 0 Å². The molecule has 1 amide bonds. The normalized spacial score (nSPS) is 15.6. The highest BCUT2D eigenvalue weighted by Crippen LogP contribution is 2.25. The number of hydrogen-bond acceptors (Lipinski definition) is 3. The number of amides is 1. The smallest absolute Gasteiger partial charge is 0.269 e. The van der Waals surface area contributed by atoms with E-state index in [0.29, 0.717) is 11.4 Å². The Labute approximate surface area is 120 Å². The van der Waals surface area contributed by atoms with Crippen LogP contribution in [-0.4, -0.2) is 17.4 Å². The van der Waals surface area contributed by atoms with E-state index in [2.05, 4.69) is 10.3 Å². The predicted octanol–water partition coefficient (Wildman–Crippen LogP) is 2.79. The summed E-state index contributed by atoms with van der Waals surface area (Å²) in [5.41, 5.74) is 6.55. The molecule has 0 radical (unpaired) electrons. The Hall–Kier alpha value is -1.29. The lowest BCUT2D eigenvalue weighted by molar-refractivity contribution is 0.0945. The van der Waals surface area contributed by atoms with Crippen LogP contribution in [-0.2, 0) is 0 Å². The van der Waals surface area contributed by atoms with Crippen molar-refractivity contribution in [1.29, 1.82) is 0 Å². The highest BCUT2D eigenvalue weighted by atomic mass is 35.5. The van der Waals surface area contributed by atoms with Crippen molar-refractivity contribution in [3.63, 3.8) is 0 Å². The SMILES string of the molecule is Cl.Nc1ccc(C(=O)NCCC2CCCCC2)nc1. The molecule has 0 aromatic carbocycles. The molecule has 1 heterocycles. The van der Waals surface area contributed by atoms with Crippen molar-refractivity contribution in [2.45, 2.75) is 38.5 Å². The van der Waals surface area contributed by atoms with Crippen LogP contribution >= 0.6 is 12.4 Å². The fraction of sp³-hybridized carbons (Fsp3) is 0.571. The first-order chi connectivity index (χ1) is 8.75. The minimum absolute atomic E-state index is 0. The van der Waals surface area contributed by atoms with Gasteiger partial charge in [-0.3, -0.25) is 4.79 Å². The van der Waals surface area contributed by atoms with Crippen LogP contribution in [0.4, 0.5) is 5.69 Å². The lowest BCUT2D eigenvalue weighted by Gasteiger charge is -2.21. The Morgan fingerprint density at radius 3 is 2.68 bits per heavy atom. The average Bonchev–Trinajstić information content (AvgIpc) is 2.40. The third-order valence-electron chi connectivity index (χ3n) is 3.58. The van der Waals surface area contributed by atoms with Crippen molar-refractivity contribution in [3.8, 4) is 0 Å². The second-order valence-electron chi connectivity index (χ2n) is 5.03. The minimum atomic E-state index is -0.106. The molecule has 1 aromatic rings. The summed E-state index contributed by atoms with van der Waals surface area (Å²) in [4.78, 5) is 15.8. The maximum atomic E-state index is 11.8. The van der Waals surface area contributed by atoms with Crippen molar-refractivity contribution in [2.75, 3.05) is 12.3 Å². The number of nitrogens with two attached hydrogens (primary N) is 1. The highest BCUT2D eigenvalue weighted by Gasteiger charge is 2.13. The van der Waals surface area contributed by atoms with E-state index in [1.54, 1.807) is 12.1 Å². The van der Waals surface area contributed by atoms with Crippen molar-refractivity contribution < 1.29 is 4.79 Å². The Morgan fingerprint density at radius 2 is 2.05 bits per heavy atom. The summed E-state index contributed by atoms with van der Waals surface area (Å²) in [5.74, 6) is 0.684. The molecule has 0 unspecified atom stereocenters. The Kier molecular flexibility index (Phi) is 6.64. The second kappa shape index (κ2) is 8.00. The van der Waals surface area contributed by atoms with Gasteiger partial charge in [-0.1, -0.05) is 32.1 Å². The van der Waals surface area contributed by atoms with Crippen molar-refractivity contribution in [3.05, 3.63) is 24.0 Å². The van der Waals surface area contributed by atoms with Gasteiger partial charge in [0.15, 0.2) is 0 Å². The largest absolute Gasteiger partial charge is 0.397 e. The van der Waals surface area contributed by atoms with Crippen LogP contribution in [0.2, 0.25) is 0 Å². The monoisotopic (exact) mass is 283 g/mol. The second-order valence-corrected chi connectivity index (χ2v) is 5.03. The zero-order valence-electron chi connectivity index (χ0n) is 11.1. The first-order valence-corrected chi connectivity index (χ1v) is 6.75. The highest BCUT2D eigenvalue weighted by molar-refractivity contribution is 5.92. The number of hydrogen-bond donors (Lipinski definition) is 2. The molecule has 1 fully saturated rings. The molecule has 0 bridgehead atoms. The first kappa shape index (κ1) is 15.8. The lowest BCUT2D eigenvalue weighted by atomic mass is 9.87. The molecule has 5 heteroatoms. The van der Waals surface area contributed by atoms with Gasteiger partial charge in [0.25, 0.3) is 5.91 Å². The number of pyridine rings is 1. The molecule has 4 nitrogen and oxygen atoms in total. The van der Waals surface area contributed by atoms with Gasteiger partial charge < -0.3 is 11.1 Å². The van der Waals surface area contributed by atoms with Crippen LogP contribution in [0.3, 0.4) is 0 Å². The van der Waals surface area contributed by atoms with Gasteiger partial charge in [-0.05, 0) is 24.5 Å². The third kappa shape index (κ3) is 5.07. The van der Waals surface area contributed by atoms with Gasteiger partial charge >= 0.3 is 0 Å². The van der Waals surface area contributed by atoms with Gasteiger partial charge in [0.2, 0.25) is 0 Å². The zero-order chi connectivity index (χ0) is 12.8. The molecule has 2 rings (SSSR count). The third-order valence-corrected chi connectivity index (χ3v) is 3.58. The molecule has 1 saturated carbocycles. The quantitative estimate of drug-likeness (QED) is 0.893. The number of nitrogens with one attached hydrogen (secondary N) is 1. The number of aromatic nitrogens is 1. The summed E-state index contributed by atoms with van der Waals surface area (Å²) in [7, 11) is 0. The minimum Gasteiger partial charge on any atom is -0.397 e. The maximum Gasteiger partial charge on any atom is 0.269 e. The number of carbonyl (C=O) groups excluding carboxylic acids is 1. The van der Waals surface area contributed by atoms with E-state index in [4.69, 9.17) is 5.73 Å². The van der Waals surface area contributed by atoms with Gasteiger partial charge in [-0.25, -0.2) is 4.98 Å². The van der Waals surface area contributed by atoms with Crippen LogP contribution in [0.25, 0.3) is 0 Å². The van der Waals surface area contributed by atoms with Crippen LogP contribution in [0.15, 0.2) is 18.3 Å². The summed E-state index contributed by atoms with van der Waals surface area (Å²) in [6.07, 6.45) is 9.29. The number of rotatable bonds is 4. The van der Waals surface area contributed by atoms with E-state index in [1.807, 2.05) is 0 Å². The van der Waals surface area contributed by atoms with Gasteiger partial charge in [-0.15, -0.1) is 12.4 Å². The van der Waals surface area contributed by atoms with Crippen LogP contribution < -0.4 is 11.1 Å². The van der Waals surface area contributed by atoms with Gasteiger partial charge in [-0.2, -0.15) is 0 Å². The molecule has 1 aliphatic rings. The number of anilines is 1. The summed E-state index contributed by atoms with van der Waals surface area (Å²) >= 11 is 0. The Balaban J connectivity index is 0.00000180. The van der Waals surface area contributed by atoms with E-state index >= 15 is 0 Å². The molecule has 1 aromatic heterocycles. The van der Waals surface area contributed by atoms with Crippen molar-refractivity contribution in [1.82, 2.24) is 10.3 Å². The molecule has 0 aliphatic heterocycles. The average molecular weight is 284 g/mol. The predicted molar refractivity (Wildman–Crippen MR) is 79.4 cm³/mol. The van der Waals surface area contributed by atoms with Gasteiger partial charge in [0.1, 0.15) is 5.69 Å². The van der Waals surface area contributed by atoms with E-state index in [1.165, 1.54) is 38.3 Å². The fourth-order valence-corrected chi connectivity index (χ4v) is 2.50. The summed E-state index contributed by atoms with van der Waals surface area (Å²) in [6.45, 7) is 0.746. The Bertz CT molecular complexity index is 388. The van der Waals surface area contributed by atoms with Crippen LogP contribution in [0, 0.1) is 5.92 Å². The lowest BCUT2D eigenvalue weighted by Crippen LogP contribution is -2.27. The number of halogens is 1. The first-order valence-electron chi connectivity index (χ1n) is 6.75. The molecule has 3 N–H and O–H groups in total. The number of nitrogens with zero attached hydrogens (tertiary/aromatic N) is 1. The summed E-state index contributed by atoms with van der Waals surface area (Å²) < 4.78 is 0. The van der Waals surface area contributed by atoms with E-state index in [9.17, 15) is 4.79 Å². The molecule has 0 atom stereocenters. The molecule has 19 heavy (non-hydrogen) atoms. The standard InChI is InChI=1S/C14H21N3O.ClH/c15-12-6-7-13(17-10-12)14(18)16-9-8-11-4-2-1-3-5-11;/h6-7,10-11H,1-5,8-9,15H2,(H,16,18);1H. The molecular weight excluding hydrogens is 262 g/mol. The van der Waals surface area contributed by atoms with E-state index in [-0.39, 0.29) is 18.3 Å². The molecular formula is C14H22ClN3O. The molecule has 1 aliphatic carbocycles. The summed E-state index contributed by atoms with van der Waals surface area (Å²) in [5, 5.41) is 2.92. The Morgan fingerprint density at radius 1 is 1.32 bits per heavy atom. The fourth-order valence-electron chi connectivity index (χ4n) is 2.50. The van der Waals surface area contributed by atoms with Crippen molar-refractivity contribution >= 4 is 24.0 Å². The van der Waals surface area contributed by atoms with Crippen LogP contribution in [0.5, 0.6) is 0 Å². The molecule has 106 valence electrons. The zero-order valence-corrected chi connectivity index (χ0v) is 11.9. The van der Waals surface area contributed by atoms with E-state index in [0.717, 1.165) is 18.9 Å². The number of nitrogen functional groups attached to an aromatic ring is 1. The van der Waals surface area contributed by atoms with Gasteiger partial charge in [0, 0.05) is 6.54 Å². The molecule has 0 spiro atoms.